The molecule has 0 amide bonds. The second-order valence-electron chi connectivity index (χ2n) is 4.50. The van der Waals surface area contributed by atoms with Crippen LogP contribution in [0.4, 0.5) is 0 Å². The summed E-state index contributed by atoms with van der Waals surface area (Å²) in [4.78, 5) is 9.00. The molecule has 0 bridgehead atoms. The molecule has 1 saturated carbocycles. The summed E-state index contributed by atoms with van der Waals surface area (Å²) >= 11 is 1.67. The average Bonchev–Trinajstić information content (AvgIpc) is 3.11. The molecule has 88 valence electrons. The third-order valence-corrected chi connectivity index (χ3v) is 3.99. The Morgan fingerprint density at radius 3 is 2.82 bits per heavy atom. The van der Waals surface area contributed by atoms with Crippen LogP contribution >= 0.6 is 11.3 Å². The maximum Gasteiger partial charge on any atom is 0.160 e. The number of aliphatic hydroxyl groups excluding tert-OH is 1. The van der Waals surface area contributed by atoms with Gasteiger partial charge in [-0.25, -0.2) is 9.97 Å². The molecule has 1 fully saturated rings. The van der Waals surface area contributed by atoms with Gasteiger partial charge in [0.15, 0.2) is 5.82 Å². The van der Waals surface area contributed by atoms with Crippen LogP contribution in [-0.2, 0) is 6.61 Å². The van der Waals surface area contributed by atoms with Crippen LogP contribution in [0.1, 0.15) is 35.6 Å². The lowest BCUT2D eigenvalue weighted by atomic mass is 10.1. The van der Waals surface area contributed by atoms with E-state index in [1.807, 2.05) is 0 Å². The average molecular weight is 246 g/mol. The molecule has 3 nitrogen and oxygen atoms in total. The van der Waals surface area contributed by atoms with Gasteiger partial charge in [-0.1, -0.05) is 0 Å². The molecule has 4 heteroatoms. The maximum absolute atomic E-state index is 9.29. The smallest absolute Gasteiger partial charge is 0.160 e. The van der Waals surface area contributed by atoms with E-state index in [2.05, 4.69) is 27.7 Å². The number of thiophene rings is 1. The molecule has 2 heterocycles. The van der Waals surface area contributed by atoms with Gasteiger partial charge in [0.05, 0.1) is 12.3 Å². The lowest BCUT2D eigenvalue weighted by molar-refractivity contribution is 0.279. The summed E-state index contributed by atoms with van der Waals surface area (Å²) in [6, 6.07) is 0. The van der Waals surface area contributed by atoms with Gasteiger partial charge >= 0.3 is 0 Å². The summed E-state index contributed by atoms with van der Waals surface area (Å²) in [5, 5.41) is 13.5. The quantitative estimate of drug-likeness (QED) is 0.905. The molecule has 2 aromatic rings. The third kappa shape index (κ3) is 1.98. The van der Waals surface area contributed by atoms with E-state index in [4.69, 9.17) is 0 Å². The van der Waals surface area contributed by atoms with Crippen molar-refractivity contribution in [1.82, 2.24) is 9.97 Å². The standard InChI is InChI=1S/C13H14N2OS/c1-8-6-17-7-11(8)13-14-4-10(5-16)12(15-13)9-2-3-9/h4,6-7,9,16H,2-3,5H2,1H3. The minimum Gasteiger partial charge on any atom is -0.392 e. The molecule has 0 aromatic carbocycles. The SMILES string of the molecule is Cc1cscc1-c1ncc(CO)c(C2CC2)n1. The van der Waals surface area contributed by atoms with E-state index in [0.717, 1.165) is 22.6 Å². The zero-order valence-electron chi connectivity index (χ0n) is 9.68. The van der Waals surface area contributed by atoms with Crippen LogP contribution < -0.4 is 0 Å². The zero-order chi connectivity index (χ0) is 11.8. The molecular formula is C13H14N2OS. The first-order valence-electron chi connectivity index (χ1n) is 5.79. The summed E-state index contributed by atoms with van der Waals surface area (Å²) in [5.74, 6) is 1.33. The highest BCUT2D eigenvalue weighted by molar-refractivity contribution is 7.08. The summed E-state index contributed by atoms with van der Waals surface area (Å²) < 4.78 is 0. The Morgan fingerprint density at radius 2 is 2.24 bits per heavy atom. The van der Waals surface area contributed by atoms with Crippen molar-refractivity contribution in [3.05, 3.63) is 33.8 Å². The number of hydrogen-bond acceptors (Lipinski definition) is 4. The van der Waals surface area contributed by atoms with Gasteiger partial charge in [0.25, 0.3) is 0 Å². The fraction of sp³-hybridized carbons (Fsp3) is 0.385. The van der Waals surface area contributed by atoms with Gasteiger partial charge in [0.2, 0.25) is 0 Å². The Hall–Kier alpha value is -1.26. The molecule has 1 aliphatic carbocycles. The molecular weight excluding hydrogens is 232 g/mol. The topological polar surface area (TPSA) is 46.0 Å². The van der Waals surface area contributed by atoms with Crippen LogP contribution in [0.2, 0.25) is 0 Å². The van der Waals surface area contributed by atoms with Crippen molar-refractivity contribution in [2.45, 2.75) is 32.3 Å². The highest BCUT2D eigenvalue weighted by Gasteiger charge is 2.28. The van der Waals surface area contributed by atoms with Crippen molar-refractivity contribution in [3.63, 3.8) is 0 Å². The van der Waals surface area contributed by atoms with E-state index < -0.39 is 0 Å². The van der Waals surface area contributed by atoms with Gasteiger partial charge in [-0.2, -0.15) is 11.3 Å². The molecule has 1 aliphatic rings. The second kappa shape index (κ2) is 4.20. The zero-order valence-corrected chi connectivity index (χ0v) is 10.5. The Bertz CT molecular complexity index is 546. The molecule has 1 N–H and O–H groups in total. The Morgan fingerprint density at radius 1 is 1.41 bits per heavy atom. The van der Waals surface area contributed by atoms with Crippen molar-refractivity contribution in [1.29, 1.82) is 0 Å². The minimum atomic E-state index is 0.0364. The first-order chi connectivity index (χ1) is 8.29. The fourth-order valence-corrected chi connectivity index (χ4v) is 2.80. The molecule has 0 spiro atoms. The number of aromatic nitrogens is 2. The molecule has 0 saturated heterocycles. The van der Waals surface area contributed by atoms with Crippen molar-refractivity contribution in [2.24, 2.45) is 0 Å². The van der Waals surface area contributed by atoms with Gasteiger partial charge < -0.3 is 5.11 Å². The van der Waals surface area contributed by atoms with Crippen molar-refractivity contribution in [3.8, 4) is 11.4 Å². The van der Waals surface area contributed by atoms with Crippen molar-refractivity contribution in [2.75, 3.05) is 0 Å². The summed E-state index contributed by atoms with van der Waals surface area (Å²) in [6.07, 6.45) is 4.14. The van der Waals surface area contributed by atoms with Crippen molar-refractivity contribution >= 4 is 11.3 Å². The van der Waals surface area contributed by atoms with Crippen LogP contribution in [0, 0.1) is 6.92 Å². The predicted octanol–water partition coefficient (Wildman–Crippen LogP) is 2.88. The van der Waals surface area contributed by atoms with Gasteiger partial charge in [0.1, 0.15) is 0 Å². The maximum atomic E-state index is 9.29. The van der Waals surface area contributed by atoms with Crippen LogP contribution in [0.15, 0.2) is 17.0 Å². The number of rotatable bonds is 3. The highest BCUT2D eigenvalue weighted by Crippen LogP contribution is 2.41. The third-order valence-electron chi connectivity index (χ3n) is 3.13. The molecule has 0 unspecified atom stereocenters. The summed E-state index contributed by atoms with van der Waals surface area (Å²) in [7, 11) is 0. The van der Waals surface area contributed by atoms with Crippen LogP contribution in [0.5, 0.6) is 0 Å². The van der Waals surface area contributed by atoms with Gasteiger partial charge in [0, 0.05) is 28.6 Å². The van der Waals surface area contributed by atoms with Crippen LogP contribution in [-0.4, -0.2) is 15.1 Å². The van der Waals surface area contributed by atoms with E-state index in [-0.39, 0.29) is 6.61 Å². The van der Waals surface area contributed by atoms with E-state index in [1.54, 1.807) is 17.5 Å². The molecule has 2 aromatic heterocycles. The number of nitrogens with zero attached hydrogens (tertiary/aromatic N) is 2. The number of aliphatic hydroxyl groups is 1. The van der Waals surface area contributed by atoms with E-state index in [9.17, 15) is 5.11 Å². The summed E-state index contributed by atoms with van der Waals surface area (Å²) in [6.45, 7) is 2.11. The van der Waals surface area contributed by atoms with E-state index in [0.29, 0.717) is 5.92 Å². The lowest BCUT2D eigenvalue weighted by Crippen LogP contribution is -2.00. The largest absolute Gasteiger partial charge is 0.392 e. The summed E-state index contributed by atoms with van der Waals surface area (Å²) in [5.41, 5.74) is 4.25. The normalized spacial score (nSPS) is 15.2. The highest BCUT2D eigenvalue weighted by atomic mass is 32.1. The predicted molar refractivity (Wildman–Crippen MR) is 68.0 cm³/mol. The first kappa shape index (κ1) is 10.9. The monoisotopic (exact) mass is 246 g/mol. The van der Waals surface area contributed by atoms with E-state index in [1.165, 1.54) is 18.4 Å². The van der Waals surface area contributed by atoms with Gasteiger partial charge in [-0.05, 0) is 30.7 Å². The minimum absolute atomic E-state index is 0.0364. The van der Waals surface area contributed by atoms with Crippen molar-refractivity contribution < 1.29 is 5.11 Å². The van der Waals surface area contributed by atoms with Gasteiger partial charge in [-0.15, -0.1) is 0 Å². The van der Waals surface area contributed by atoms with E-state index >= 15 is 0 Å². The first-order valence-corrected chi connectivity index (χ1v) is 6.73. The van der Waals surface area contributed by atoms with Gasteiger partial charge in [-0.3, -0.25) is 0 Å². The second-order valence-corrected chi connectivity index (χ2v) is 5.25. The van der Waals surface area contributed by atoms with Crippen LogP contribution in [0.3, 0.4) is 0 Å². The Balaban J connectivity index is 2.07. The number of hydrogen-bond donors (Lipinski definition) is 1. The molecule has 3 rings (SSSR count). The van der Waals surface area contributed by atoms with Crippen LogP contribution in [0.25, 0.3) is 11.4 Å². The number of aryl methyl sites for hydroxylation is 1. The lowest BCUT2D eigenvalue weighted by Gasteiger charge is -2.07. The molecule has 0 aliphatic heterocycles. The Kier molecular flexibility index (Phi) is 2.68. The molecule has 0 radical (unpaired) electrons. The molecule has 0 atom stereocenters. The Labute approximate surface area is 104 Å². The fourth-order valence-electron chi connectivity index (χ4n) is 1.97. The molecule has 17 heavy (non-hydrogen) atoms.